The van der Waals surface area contributed by atoms with E-state index in [0.29, 0.717) is 19.4 Å². The Balaban J connectivity index is 2.85. The number of hydrogen-bond donors (Lipinski definition) is 3. The minimum absolute atomic E-state index is 0.382. The number of nitrogens with two attached hydrogens (primary N) is 1. The van der Waals surface area contributed by atoms with E-state index in [1.54, 1.807) is 12.1 Å². The maximum Gasteiger partial charge on any atom is 0.405 e. The molecule has 0 aliphatic carbocycles. The third-order valence-corrected chi connectivity index (χ3v) is 2.89. The van der Waals surface area contributed by atoms with E-state index in [0.717, 1.165) is 5.56 Å². The lowest BCUT2D eigenvalue weighted by Gasteiger charge is -2.25. The fourth-order valence-corrected chi connectivity index (χ4v) is 1.98. The van der Waals surface area contributed by atoms with E-state index >= 15 is 0 Å². The molecule has 0 fully saturated rings. The molecule has 0 saturated carbocycles. The summed E-state index contributed by atoms with van der Waals surface area (Å²) in [6.07, 6.45) is 0.0987. The van der Waals surface area contributed by atoms with Crippen molar-refractivity contribution in [2.45, 2.75) is 18.9 Å². The first-order valence-electron chi connectivity index (χ1n) is 5.99. The van der Waals surface area contributed by atoms with Crippen LogP contribution in [0.4, 0.5) is 9.18 Å². The standard InChI is InChI=1S/C13H19FN2O2/c14-9-11(7-4-8-15)12(16-13(17)18)10-5-2-1-3-6-10/h1-3,5-6,11-12,16H,4,7-9,15H2,(H,17,18). The van der Waals surface area contributed by atoms with E-state index in [9.17, 15) is 9.18 Å². The Kier molecular flexibility index (Phi) is 6.14. The van der Waals surface area contributed by atoms with Crippen molar-refractivity contribution >= 4 is 6.09 Å². The number of nitrogens with one attached hydrogen (secondary N) is 1. The molecule has 2 atom stereocenters. The SMILES string of the molecule is NCCCC(CF)C(NC(=O)O)c1ccccc1. The van der Waals surface area contributed by atoms with Gasteiger partial charge in [0.15, 0.2) is 0 Å². The molecule has 4 N–H and O–H groups in total. The van der Waals surface area contributed by atoms with Crippen molar-refractivity contribution in [3.8, 4) is 0 Å². The summed E-state index contributed by atoms with van der Waals surface area (Å²) < 4.78 is 13.1. The Morgan fingerprint density at radius 3 is 2.56 bits per heavy atom. The quantitative estimate of drug-likeness (QED) is 0.699. The molecule has 2 unspecified atom stereocenters. The van der Waals surface area contributed by atoms with Crippen molar-refractivity contribution in [1.82, 2.24) is 5.32 Å². The topological polar surface area (TPSA) is 75.3 Å². The van der Waals surface area contributed by atoms with Crippen LogP contribution in [-0.4, -0.2) is 24.4 Å². The molecule has 1 amide bonds. The van der Waals surface area contributed by atoms with Crippen molar-refractivity contribution in [2.24, 2.45) is 11.7 Å². The number of carbonyl (C=O) groups is 1. The molecular formula is C13H19FN2O2. The second-order valence-corrected chi connectivity index (χ2v) is 4.18. The summed E-state index contributed by atoms with van der Waals surface area (Å²) in [4.78, 5) is 10.8. The molecule has 5 heteroatoms. The van der Waals surface area contributed by atoms with Gasteiger partial charge in [-0.3, -0.25) is 4.39 Å². The Morgan fingerprint density at radius 2 is 2.06 bits per heavy atom. The van der Waals surface area contributed by atoms with E-state index in [4.69, 9.17) is 10.8 Å². The van der Waals surface area contributed by atoms with Gasteiger partial charge in [-0.15, -0.1) is 0 Å². The molecular weight excluding hydrogens is 235 g/mol. The van der Waals surface area contributed by atoms with Crippen LogP contribution in [0.1, 0.15) is 24.4 Å². The molecule has 1 aromatic rings. The Bertz CT molecular complexity index is 359. The summed E-state index contributed by atoms with van der Waals surface area (Å²) in [5.41, 5.74) is 6.19. The van der Waals surface area contributed by atoms with E-state index in [2.05, 4.69) is 5.32 Å². The lowest BCUT2D eigenvalue weighted by Crippen LogP contribution is -2.33. The number of amides is 1. The molecule has 0 spiro atoms. The second kappa shape index (κ2) is 7.66. The van der Waals surface area contributed by atoms with Crippen LogP contribution in [0.3, 0.4) is 0 Å². The van der Waals surface area contributed by atoms with Gasteiger partial charge in [-0.2, -0.15) is 0 Å². The fourth-order valence-electron chi connectivity index (χ4n) is 1.98. The fraction of sp³-hybridized carbons (Fsp3) is 0.462. The summed E-state index contributed by atoms with van der Waals surface area (Å²) in [5.74, 6) is -0.382. The Morgan fingerprint density at radius 1 is 1.39 bits per heavy atom. The molecule has 4 nitrogen and oxygen atoms in total. The summed E-state index contributed by atoms with van der Waals surface area (Å²) >= 11 is 0. The maximum atomic E-state index is 13.1. The van der Waals surface area contributed by atoms with Crippen LogP contribution in [0.5, 0.6) is 0 Å². The predicted molar refractivity (Wildman–Crippen MR) is 68.1 cm³/mol. The molecule has 18 heavy (non-hydrogen) atoms. The average Bonchev–Trinajstić information content (AvgIpc) is 2.39. The van der Waals surface area contributed by atoms with E-state index in [-0.39, 0.29) is 5.92 Å². The molecule has 100 valence electrons. The highest BCUT2D eigenvalue weighted by Gasteiger charge is 2.24. The van der Waals surface area contributed by atoms with Gasteiger partial charge in [-0.25, -0.2) is 4.79 Å². The Hall–Kier alpha value is -1.62. The number of rotatable bonds is 7. The zero-order valence-electron chi connectivity index (χ0n) is 10.2. The molecule has 1 rings (SSSR count). The zero-order chi connectivity index (χ0) is 13.4. The van der Waals surface area contributed by atoms with E-state index in [1.165, 1.54) is 0 Å². The molecule has 0 saturated heterocycles. The van der Waals surface area contributed by atoms with Crippen LogP contribution in [0.25, 0.3) is 0 Å². The van der Waals surface area contributed by atoms with Crippen LogP contribution in [0.15, 0.2) is 30.3 Å². The van der Waals surface area contributed by atoms with Crippen LogP contribution >= 0.6 is 0 Å². The predicted octanol–water partition coefficient (Wildman–Crippen LogP) is 2.32. The van der Waals surface area contributed by atoms with Gasteiger partial charge < -0.3 is 16.2 Å². The number of benzene rings is 1. The molecule has 0 radical (unpaired) electrons. The highest BCUT2D eigenvalue weighted by molar-refractivity contribution is 5.65. The van der Waals surface area contributed by atoms with Gasteiger partial charge in [-0.05, 0) is 24.9 Å². The number of halogens is 1. The number of alkyl halides is 1. The van der Waals surface area contributed by atoms with Crippen LogP contribution in [-0.2, 0) is 0 Å². The molecule has 0 aliphatic heterocycles. The third kappa shape index (κ3) is 4.33. The largest absolute Gasteiger partial charge is 0.465 e. The molecule has 0 heterocycles. The van der Waals surface area contributed by atoms with Gasteiger partial charge in [0.1, 0.15) is 0 Å². The van der Waals surface area contributed by atoms with Crippen molar-refractivity contribution in [2.75, 3.05) is 13.2 Å². The first-order valence-corrected chi connectivity index (χ1v) is 5.99. The highest BCUT2D eigenvalue weighted by Crippen LogP contribution is 2.26. The lowest BCUT2D eigenvalue weighted by atomic mass is 9.90. The number of hydrogen-bond acceptors (Lipinski definition) is 2. The Labute approximate surface area is 106 Å². The first-order chi connectivity index (χ1) is 8.69. The zero-order valence-corrected chi connectivity index (χ0v) is 10.2. The summed E-state index contributed by atoms with van der Waals surface area (Å²) in [6, 6.07) is 8.53. The smallest absolute Gasteiger partial charge is 0.405 e. The van der Waals surface area contributed by atoms with Crippen molar-refractivity contribution in [3.05, 3.63) is 35.9 Å². The van der Waals surface area contributed by atoms with Gasteiger partial charge in [0.05, 0.1) is 12.7 Å². The summed E-state index contributed by atoms with van der Waals surface area (Å²) in [6.45, 7) is -0.0923. The van der Waals surface area contributed by atoms with Gasteiger partial charge in [0.25, 0.3) is 0 Å². The highest BCUT2D eigenvalue weighted by atomic mass is 19.1. The van der Waals surface area contributed by atoms with E-state index in [1.807, 2.05) is 18.2 Å². The first kappa shape index (κ1) is 14.4. The second-order valence-electron chi connectivity index (χ2n) is 4.18. The van der Waals surface area contributed by atoms with Crippen molar-refractivity contribution in [3.63, 3.8) is 0 Å². The summed E-state index contributed by atoms with van der Waals surface area (Å²) in [5, 5.41) is 11.2. The molecule has 0 aromatic heterocycles. The van der Waals surface area contributed by atoms with Gasteiger partial charge in [0.2, 0.25) is 0 Å². The van der Waals surface area contributed by atoms with Gasteiger partial charge in [0, 0.05) is 5.92 Å². The molecule has 0 aliphatic rings. The van der Waals surface area contributed by atoms with Crippen LogP contribution in [0.2, 0.25) is 0 Å². The minimum Gasteiger partial charge on any atom is -0.465 e. The van der Waals surface area contributed by atoms with Crippen molar-refractivity contribution < 1.29 is 14.3 Å². The summed E-state index contributed by atoms with van der Waals surface area (Å²) in [7, 11) is 0. The average molecular weight is 254 g/mol. The lowest BCUT2D eigenvalue weighted by molar-refractivity contribution is 0.178. The number of carboxylic acid groups (broad SMARTS) is 1. The normalized spacial score (nSPS) is 13.9. The minimum atomic E-state index is -1.14. The van der Waals surface area contributed by atoms with Crippen molar-refractivity contribution in [1.29, 1.82) is 0 Å². The maximum absolute atomic E-state index is 13.1. The van der Waals surface area contributed by atoms with Gasteiger partial charge >= 0.3 is 6.09 Å². The van der Waals surface area contributed by atoms with Crippen LogP contribution in [0, 0.1) is 5.92 Å². The van der Waals surface area contributed by atoms with E-state index < -0.39 is 18.8 Å². The van der Waals surface area contributed by atoms with Gasteiger partial charge in [-0.1, -0.05) is 30.3 Å². The molecule has 1 aromatic carbocycles. The van der Waals surface area contributed by atoms with Crippen LogP contribution < -0.4 is 11.1 Å². The third-order valence-electron chi connectivity index (χ3n) is 2.89. The molecule has 0 bridgehead atoms. The monoisotopic (exact) mass is 254 g/mol.